The number of carbonyl (C=O) groups excluding carboxylic acids is 5. The van der Waals surface area contributed by atoms with Crippen LogP contribution in [0, 0.1) is 5.92 Å². The van der Waals surface area contributed by atoms with Crippen molar-refractivity contribution < 1.29 is 42.9 Å². The lowest BCUT2D eigenvalue weighted by Gasteiger charge is -2.44. The van der Waals surface area contributed by atoms with E-state index in [1.54, 1.807) is 0 Å². The number of rotatable bonds is 6. The predicted octanol–water partition coefficient (Wildman–Crippen LogP) is -0.131. The van der Waals surface area contributed by atoms with Crippen LogP contribution in [0.3, 0.4) is 0 Å². The van der Waals surface area contributed by atoms with Gasteiger partial charge in [-0.15, -0.1) is 0 Å². The highest BCUT2D eigenvalue weighted by Gasteiger charge is 2.50. The second-order valence-corrected chi connectivity index (χ2v) is 6.32. The molecule has 1 amide bonds. The Kier molecular flexibility index (Phi) is 8.20. The molecule has 1 saturated carbocycles. The summed E-state index contributed by atoms with van der Waals surface area (Å²) < 4.78 is 20.9. The van der Waals surface area contributed by atoms with E-state index in [-0.39, 0.29) is 13.0 Å². The van der Waals surface area contributed by atoms with Crippen LogP contribution in [-0.4, -0.2) is 60.7 Å². The first-order chi connectivity index (χ1) is 12.5. The third-order valence-corrected chi connectivity index (χ3v) is 3.87. The first-order valence-corrected chi connectivity index (χ1v) is 8.43. The largest absolute Gasteiger partial charge is 0.465 e. The van der Waals surface area contributed by atoms with Crippen molar-refractivity contribution in [3.05, 3.63) is 0 Å². The molecule has 0 spiro atoms. The van der Waals surface area contributed by atoms with Gasteiger partial charge in [0, 0.05) is 40.5 Å². The van der Waals surface area contributed by atoms with Gasteiger partial charge in [-0.3, -0.25) is 24.0 Å². The van der Waals surface area contributed by atoms with Crippen LogP contribution in [0.1, 0.15) is 41.0 Å². The minimum atomic E-state index is -1.13. The number of hydrogen-bond acceptors (Lipinski definition) is 9. The van der Waals surface area contributed by atoms with Crippen molar-refractivity contribution in [3.8, 4) is 0 Å². The lowest BCUT2D eigenvalue weighted by atomic mass is 9.79. The van der Waals surface area contributed by atoms with Gasteiger partial charge >= 0.3 is 23.9 Å². The normalized spacial score (nSPS) is 27.1. The van der Waals surface area contributed by atoms with Gasteiger partial charge in [-0.1, -0.05) is 0 Å². The second-order valence-electron chi connectivity index (χ2n) is 6.32. The summed E-state index contributed by atoms with van der Waals surface area (Å²) in [6.07, 6.45) is -2.89. The number of carbonyl (C=O) groups is 5. The molecule has 0 heterocycles. The molecule has 0 aromatic rings. The summed E-state index contributed by atoms with van der Waals surface area (Å²) in [5.41, 5.74) is 0. The van der Waals surface area contributed by atoms with E-state index in [9.17, 15) is 24.0 Å². The molecule has 27 heavy (non-hydrogen) atoms. The van der Waals surface area contributed by atoms with E-state index in [1.807, 2.05) is 0 Å². The Labute approximate surface area is 156 Å². The van der Waals surface area contributed by atoms with E-state index in [0.29, 0.717) is 0 Å². The van der Waals surface area contributed by atoms with Crippen LogP contribution in [0.2, 0.25) is 0 Å². The molecule has 0 saturated heterocycles. The van der Waals surface area contributed by atoms with E-state index in [1.165, 1.54) is 27.7 Å². The molecule has 1 N–H and O–H groups in total. The van der Waals surface area contributed by atoms with Crippen LogP contribution in [0.5, 0.6) is 0 Å². The molecule has 1 fully saturated rings. The fourth-order valence-corrected chi connectivity index (χ4v) is 3.08. The molecular weight excluding hydrogens is 362 g/mol. The van der Waals surface area contributed by atoms with Gasteiger partial charge in [-0.25, -0.2) is 0 Å². The van der Waals surface area contributed by atoms with Crippen molar-refractivity contribution in [3.63, 3.8) is 0 Å². The Morgan fingerprint density at radius 3 is 1.74 bits per heavy atom. The highest BCUT2D eigenvalue weighted by molar-refractivity contribution is 5.74. The summed E-state index contributed by atoms with van der Waals surface area (Å²) in [5.74, 6) is -3.53. The van der Waals surface area contributed by atoms with E-state index in [4.69, 9.17) is 18.9 Å². The maximum Gasteiger partial charge on any atom is 0.303 e. The van der Waals surface area contributed by atoms with Gasteiger partial charge in [0.1, 0.15) is 18.2 Å². The molecule has 0 aromatic heterocycles. The Hall–Kier alpha value is -2.65. The smallest absolute Gasteiger partial charge is 0.303 e. The van der Waals surface area contributed by atoms with Crippen molar-refractivity contribution in [2.45, 2.75) is 65.4 Å². The van der Waals surface area contributed by atoms with Gasteiger partial charge in [-0.05, 0) is 6.42 Å². The first-order valence-electron chi connectivity index (χ1n) is 8.43. The number of esters is 4. The number of nitrogens with one attached hydrogen (secondary N) is 1. The molecule has 5 atom stereocenters. The van der Waals surface area contributed by atoms with E-state index in [2.05, 4.69) is 5.32 Å². The summed E-state index contributed by atoms with van der Waals surface area (Å²) in [7, 11) is 0. The molecule has 1 rings (SSSR count). The van der Waals surface area contributed by atoms with Crippen molar-refractivity contribution in [1.82, 2.24) is 5.32 Å². The molecule has 0 aliphatic heterocycles. The second kappa shape index (κ2) is 9.89. The molecule has 1 aliphatic rings. The number of hydrogen-bond donors (Lipinski definition) is 1. The lowest BCUT2D eigenvalue weighted by Crippen LogP contribution is -2.64. The van der Waals surface area contributed by atoms with E-state index >= 15 is 0 Å². The summed E-state index contributed by atoms with van der Waals surface area (Å²) in [5, 5.41) is 2.59. The summed E-state index contributed by atoms with van der Waals surface area (Å²) in [4.78, 5) is 57.5. The van der Waals surface area contributed by atoms with Crippen molar-refractivity contribution >= 4 is 29.8 Å². The van der Waals surface area contributed by atoms with Crippen LogP contribution >= 0.6 is 0 Å². The van der Waals surface area contributed by atoms with E-state index in [0.717, 1.165) is 6.92 Å². The van der Waals surface area contributed by atoms with Crippen LogP contribution in [-0.2, 0) is 42.9 Å². The first kappa shape index (κ1) is 22.4. The summed E-state index contributed by atoms with van der Waals surface area (Å²) in [6.45, 7) is 5.87. The van der Waals surface area contributed by atoms with Gasteiger partial charge in [0.15, 0.2) is 6.10 Å². The molecular formula is C17H25NO9. The van der Waals surface area contributed by atoms with Crippen molar-refractivity contribution in [2.24, 2.45) is 5.92 Å². The Morgan fingerprint density at radius 2 is 1.30 bits per heavy atom. The molecule has 0 bridgehead atoms. The average molecular weight is 387 g/mol. The fourth-order valence-electron chi connectivity index (χ4n) is 3.08. The Balaban J connectivity index is 3.29. The zero-order chi connectivity index (χ0) is 20.7. The van der Waals surface area contributed by atoms with Crippen molar-refractivity contribution in [2.75, 3.05) is 6.61 Å². The maximum atomic E-state index is 11.6. The molecule has 0 aromatic carbocycles. The monoisotopic (exact) mass is 387 g/mol. The predicted molar refractivity (Wildman–Crippen MR) is 89.0 cm³/mol. The van der Waals surface area contributed by atoms with Crippen molar-refractivity contribution in [1.29, 1.82) is 0 Å². The zero-order valence-corrected chi connectivity index (χ0v) is 16.0. The summed E-state index contributed by atoms with van der Waals surface area (Å²) >= 11 is 0. The molecule has 152 valence electrons. The molecule has 10 nitrogen and oxygen atoms in total. The lowest BCUT2D eigenvalue weighted by molar-refractivity contribution is -0.195. The third kappa shape index (κ3) is 7.24. The van der Waals surface area contributed by atoms with Gasteiger partial charge < -0.3 is 24.3 Å². The van der Waals surface area contributed by atoms with Crippen LogP contribution in [0.4, 0.5) is 0 Å². The topological polar surface area (TPSA) is 134 Å². The third-order valence-electron chi connectivity index (χ3n) is 3.87. The SMILES string of the molecule is CC(=O)N[C@@H]1[C@@H](OC(C)=O)[C@H](OC(C)=O)[C@H](COC(C)=O)C[C@@H]1OC(C)=O. The highest BCUT2D eigenvalue weighted by atomic mass is 16.6. The molecule has 1 aliphatic carbocycles. The van der Waals surface area contributed by atoms with Gasteiger partial charge in [-0.2, -0.15) is 0 Å². The van der Waals surface area contributed by atoms with Crippen LogP contribution in [0.25, 0.3) is 0 Å². The minimum absolute atomic E-state index is 0.119. The Morgan fingerprint density at radius 1 is 0.778 bits per heavy atom. The zero-order valence-electron chi connectivity index (χ0n) is 16.0. The standard InChI is InChI=1S/C17H25NO9/c1-8(19)18-15-14(25-10(3)21)6-13(7-24-9(2)20)16(26-11(4)22)17(15)27-12(5)23/h13-17H,6-7H2,1-5H3,(H,18,19)/t13-,14-,15-,16+,17+/m0/s1. The quantitative estimate of drug-likeness (QED) is 0.488. The number of amides is 1. The minimum Gasteiger partial charge on any atom is -0.465 e. The van der Waals surface area contributed by atoms with Gasteiger partial charge in [0.05, 0.1) is 6.61 Å². The van der Waals surface area contributed by atoms with Gasteiger partial charge in [0.2, 0.25) is 5.91 Å². The molecule has 10 heteroatoms. The van der Waals surface area contributed by atoms with Crippen LogP contribution in [0.15, 0.2) is 0 Å². The molecule has 0 unspecified atom stereocenters. The van der Waals surface area contributed by atoms with E-state index < -0.39 is 60.1 Å². The van der Waals surface area contributed by atoms with Crippen LogP contribution < -0.4 is 5.32 Å². The summed E-state index contributed by atoms with van der Waals surface area (Å²) in [6, 6.07) is -0.937. The molecule has 0 radical (unpaired) electrons. The fraction of sp³-hybridized carbons (Fsp3) is 0.706. The average Bonchev–Trinajstić information content (AvgIpc) is 2.49. The number of ether oxygens (including phenoxy) is 4. The maximum absolute atomic E-state index is 11.6. The van der Waals surface area contributed by atoms with Gasteiger partial charge in [0.25, 0.3) is 0 Å². The highest BCUT2D eigenvalue weighted by Crippen LogP contribution is 2.33. The Bertz CT molecular complexity index is 603.